The quantitative estimate of drug-likeness (QED) is 0.256. The van der Waals surface area contributed by atoms with Gasteiger partial charge in [0.2, 0.25) is 35.4 Å². The lowest BCUT2D eigenvalue weighted by molar-refractivity contribution is -0.147. The van der Waals surface area contributed by atoms with Crippen LogP contribution in [0.4, 0.5) is 0 Å². The smallest absolute Gasteiger partial charge is 0.308 e. The Bertz CT molecular complexity index is 1710. The lowest BCUT2D eigenvalue weighted by Gasteiger charge is -2.32. The molecule has 1 aromatic rings. The SMILES string of the molecule is CC(=O)N1CCC[C@H]1CC(=O)N1CCC[C@H]1CC(=O)N1CCC[C@H]1CC(=O)N1CCC[C@H]1CC(=O)N1CCC[C@H]1CC(=O)N1CCC[C@H]1CC(=O)OCc1ccccc1. The maximum Gasteiger partial charge on any atom is 0.308 e. The van der Waals surface area contributed by atoms with Crippen LogP contribution in [-0.2, 0) is 44.9 Å². The van der Waals surface area contributed by atoms with Gasteiger partial charge in [0.15, 0.2) is 0 Å². The molecule has 6 aliphatic heterocycles. The third-order valence-electron chi connectivity index (χ3n) is 14.0. The summed E-state index contributed by atoms with van der Waals surface area (Å²) in [7, 11) is 0. The highest BCUT2D eigenvalue weighted by Crippen LogP contribution is 2.32. The van der Waals surface area contributed by atoms with Crippen LogP contribution in [0.25, 0.3) is 0 Å². The largest absolute Gasteiger partial charge is 0.461 e. The summed E-state index contributed by atoms with van der Waals surface area (Å²) >= 11 is 0. The Hall–Kier alpha value is -4.49. The van der Waals surface area contributed by atoms with Gasteiger partial charge in [-0.3, -0.25) is 33.6 Å². The molecule has 6 fully saturated rings. The van der Waals surface area contributed by atoms with Gasteiger partial charge < -0.3 is 34.1 Å². The molecule has 0 aliphatic carbocycles. The van der Waals surface area contributed by atoms with Crippen LogP contribution in [0.5, 0.6) is 0 Å². The van der Waals surface area contributed by atoms with E-state index in [0.717, 1.165) is 82.6 Å². The normalized spacial score (nSPS) is 26.9. The zero-order chi connectivity index (χ0) is 41.5. The Kier molecular flexibility index (Phi) is 14.2. The molecule has 322 valence electrons. The average Bonchev–Trinajstić information content (AvgIpc) is 4.07. The molecule has 14 heteroatoms. The van der Waals surface area contributed by atoms with E-state index in [1.807, 2.05) is 54.8 Å². The van der Waals surface area contributed by atoms with Gasteiger partial charge in [-0.1, -0.05) is 30.3 Å². The zero-order valence-electron chi connectivity index (χ0n) is 35.0. The van der Waals surface area contributed by atoms with Crippen LogP contribution in [0.2, 0.25) is 0 Å². The van der Waals surface area contributed by atoms with E-state index in [-0.39, 0.29) is 116 Å². The molecule has 0 spiro atoms. The number of rotatable bonds is 14. The summed E-state index contributed by atoms with van der Waals surface area (Å²) in [4.78, 5) is 104. The second kappa shape index (κ2) is 19.7. The van der Waals surface area contributed by atoms with Crippen molar-refractivity contribution in [3.63, 3.8) is 0 Å². The van der Waals surface area contributed by atoms with Crippen molar-refractivity contribution < 1.29 is 38.3 Å². The minimum absolute atomic E-state index is 0.00328. The Balaban J connectivity index is 0.870. The van der Waals surface area contributed by atoms with Gasteiger partial charge >= 0.3 is 5.97 Å². The zero-order valence-corrected chi connectivity index (χ0v) is 35.0. The lowest BCUT2D eigenvalue weighted by Crippen LogP contribution is -2.46. The second-order valence-corrected chi connectivity index (χ2v) is 17.8. The predicted molar refractivity (Wildman–Crippen MR) is 218 cm³/mol. The Labute approximate surface area is 348 Å². The van der Waals surface area contributed by atoms with Gasteiger partial charge in [-0.25, -0.2) is 0 Å². The first-order valence-electron chi connectivity index (χ1n) is 22.5. The Morgan fingerprint density at radius 1 is 0.441 bits per heavy atom. The predicted octanol–water partition coefficient (Wildman–Crippen LogP) is 4.04. The summed E-state index contributed by atoms with van der Waals surface area (Å²) < 4.78 is 5.51. The molecule has 0 N–H and O–H groups in total. The second-order valence-electron chi connectivity index (χ2n) is 17.8. The summed E-state index contributed by atoms with van der Waals surface area (Å²) in [6, 6.07) is 8.49. The van der Waals surface area contributed by atoms with Gasteiger partial charge in [-0.15, -0.1) is 0 Å². The van der Waals surface area contributed by atoms with E-state index in [1.54, 1.807) is 11.8 Å². The highest BCUT2D eigenvalue weighted by molar-refractivity contribution is 5.85. The fourth-order valence-electron chi connectivity index (χ4n) is 10.9. The van der Waals surface area contributed by atoms with Gasteiger partial charge in [0.25, 0.3) is 0 Å². The van der Waals surface area contributed by atoms with E-state index in [2.05, 4.69) is 0 Å². The topological polar surface area (TPSA) is 148 Å². The van der Waals surface area contributed by atoms with Crippen molar-refractivity contribution in [2.45, 2.75) is 165 Å². The first kappa shape index (κ1) is 42.6. The van der Waals surface area contributed by atoms with Crippen LogP contribution in [0.15, 0.2) is 30.3 Å². The average molecular weight is 817 g/mol. The van der Waals surface area contributed by atoms with Crippen LogP contribution < -0.4 is 0 Å². The van der Waals surface area contributed by atoms with E-state index in [0.29, 0.717) is 45.7 Å². The molecule has 0 bridgehead atoms. The van der Waals surface area contributed by atoms with Crippen molar-refractivity contribution >= 4 is 41.4 Å². The standard InChI is InChI=1S/C45H64N6O8/c1-32(52)46-19-5-13-34(46)25-40(53)47-20-6-14-35(47)26-41(54)48-21-7-15-36(48)27-42(55)49-22-8-16-37(49)28-43(56)50-23-9-17-38(50)29-44(57)51-24-10-18-39(51)30-45(58)59-31-33-11-3-2-4-12-33/h2-4,11-12,34-39H,5-10,13-31H2,1H3/t34-,35-,36-,37-,38-,39-/m0/s1. The monoisotopic (exact) mass is 816 g/mol. The first-order chi connectivity index (χ1) is 28.5. The number of hydrogen-bond donors (Lipinski definition) is 0. The molecule has 6 saturated heterocycles. The molecular weight excluding hydrogens is 753 g/mol. The van der Waals surface area contributed by atoms with Crippen molar-refractivity contribution in [3.8, 4) is 0 Å². The molecule has 6 aliphatic rings. The summed E-state index contributed by atoms with van der Waals surface area (Å²) in [6.45, 7) is 5.45. The van der Waals surface area contributed by atoms with Crippen molar-refractivity contribution in [2.24, 2.45) is 0 Å². The number of hydrogen-bond acceptors (Lipinski definition) is 8. The van der Waals surface area contributed by atoms with Crippen molar-refractivity contribution in [1.82, 2.24) is 29.4 Å². The van der Waals surface area contributed by atoms with Gasteiger partial charge in [0.05, 0.1) is 6.42 Å². The number of amides is 6. The summed E-state index contributed by atoms with van der Waals surface area (Å²) in [5.41, 5.74) is 0.918. The molecule has 0 saturated carbocycles. The molecule has 0 unspecified atom stereocenters. The van der Waals surface area contributed by atoms with Crippen molar-refractivity contribution in [1.29, 1.82) is 0 Å². The van der Waals surface area contributed by atoms with Crippen LogP contribution in [-0.4, -0.2) is 146 Å². The number of nitrogens with zero attached hydrogens (tertiary/aromatic N) is 6. The molecule has 6 amide bonds. The first-order valence-corrected chi connectivity index (χ1v) is 22.5. The van der Waals surface area contributed by atoms with E-state index in [4.69, 9.17) is 4.74 Å². The molecule has 0 radical (unpaired) electrons. The van der Waals surface area contributed by atoms with Crippen molar-refractivity contribution in [2.75, 3.05) is 39.3 Å². The van der Waals surface area contributed by atoms with Crippen LogP contribution >= 0.6 is 0 Å². The molecule has 1 aromatic carbocycles. The summed E-state index contributed by atoms with van der Waals surface area (Å²) in [5.74, 6) is -0.388. The van der Waals surface area contributed by atoms with Crippen molar-refractivity contribution in [3.05, 3.63) is 35.9 Å². The number of ether oxygens (including phenoxy) is 1. The Morgan fingerprint density at radius 3 is 1.05 bits per heavy atom. The fraction of sp³-hybridized carbons (Fsp3) is 0.711. The van der Waals surface area contributed by atoms with E-state index >= 15 is 0 Å². The highest BCUT2D eigenvalue weighted by atomic mass is 16.5. The summed E-state index contributed by atoms with van der Waals surface area (Å²) in [6.07, 6.45) is 11.0. The molecule has 6 heterocycles. The van der Waals surface area contributed by atoms with E-state index < -0.39 is 0 Å². The number of likely N-dealkylation sites (tertiary alicyclic amines) is 6. The van der Waals surface area contributed by atoms with Gasteiger partial charge in [-0.2, -0.15) is 0 Å². The molecule has 14 nitrogen and oxygen atoms in total. The van der Waals surface area contributed by atoms with Crippen LogP contribution in [0, 0.1) is 0 Å². The number of esters is 1. The minimum atomic E-state index is -0.317. The Morgan fingerprint density at radius 2 is 0.729 bits per heavy atom. The third-order valence-corrected chi connectivity index (χ3v) is 14.0. The molecular formula is C45H64N6O8. The molecule has 7 rings (SSSR count). The maximum absolute atomic E-state index is 13.9. The maximum atomic E-state index is 13.9. The van der Waals surface area contributed by atoms with Gasteiger partial charge in [0, 0.05) is 115 Å². The summed E-state index contributed by atoms with van der Waals surface area (Å²) in [5, 5.41) is 0. The number of carbonyl (C=O) groups excluding carboxylic acids is 7. The van der Waals surface area contributed by atoms with Crippen LogP contribution in [0.3, 0.4) is 0 Å². The highest BCUT2D eigenvalue weighted by Gasteiger charge is 2.41. The van der Waals surface area contributed by atoms with Gasteiger partial charge in [-0.05, 0) is 82.6 Å². The number of benzene rings is 1. The number of carbonyl (C=O) groups is 7. The van der Waals surface area contributed by atoms with Gasteiger partial charge in [0.1, 0.15) is 6.61 Å². The molecule has 0 aromatic heterocycles. The molecule has 6 atom stereocenters. The fourth-order valence-corrected chi connectivity index (χ4v) is 10.9. The van der Waals surface area contributed by atoms with E-state index in [1.165, 1.54) is 0 Å². The van der Waals surface area contributed by atoms with E-state index in [9.17, 15) is 33.6 Å². The van der Waals surface area contributed by atoms with Crippen LogP contribution in [0.1, 0.15) is 128 Å². The molecule has 59 heavy (non-hydrogen) atoms. The lowest BCUT2D eigenvalue weighted by atomic mass is 10.1. The minimum Gasteiger partial charge on any atom is -0.461 e. The third kappa shape index (κ3) is 10.5.